The van der Waals surface area contributed by atoms with Gasteiger partial charge in [0.2, 0.25) is 11.9 Å². The SMILES string of the molecule is CC(=O)CCC(=O)O[C@H]1C[C@H](n2cnc3c(Oc4cc(Cl)ccc4Cl)nc(NC(=O)C(C)C)nc32)O[C@@H]1COP(=O)(O)O[C@H]1C[C@H](n2ccc(NC(=O)c3ccccc3)nc2=O)O[C@@H]1COC(C)=O. The molecule has 5 heterocycles. The second-order valence-electron chi connectivity index (χ2n) is 16.0. The van der Waals surface area contributed by atoms with Gasteiger partial charge in [-0.05, 0) is 37.3 Å². The molecule has 5 aromatic rings. The van der Waals surface area contributed by atoms with Crippen LogP contribution in [0, 0.1) is 5.92 Å². The number of rotatable bonds is 19. The summed E-state index contributed by atoms with van der Waals surface area (Å²) in [5.41, 5.74) is -0.346. The lowest BCUT2D eigenvalue weighted by Gasteiger charge is -2.23. The van der Waals surface area contributed by atoms with Gasteiger partial charge in [-0.1, -0.05) is 55.2 Å². The number of hydrogen-bond donors (Lipinski definition) is 3. The number of carbonyl (C=O) groups is 5. The van der Waals surface area contributed by atoms with E-state index in [-0.39, 0.29) is 71.0 Å². The number of anilines is 2. The summed E-state index contributed by atoms with van der Waals surface area (Å²) in [6.07, 6.45) is -5.19. The van der Waals surface area contributed by atoms with Crippen LogP contribution in [0.15, 0.2) is 71.9 Å². The van der Waals surface area contributed by atoms with E-state index in [9.17, 15) is 38.2 Å². The first-order chi connectivity index (χ1) is 32.8. The van der Waals surface area contributed by atoms with Crippen LogP contribution in [0.3, 0.4) is 0 Å². The fraction of sp³-hybridized carbons (Fsp3) is 0.395. The Bertz CT molecular complexity index is 2850. The first-order valence-electron chi connectivity index (χ1n) is 21.2. The molecule has 0 radical (unpaired) electrons. The molecule has 23 nitrogen and oxygen atoms in total. The molecule has 2 amide bonds. The summed E-state index contributed by atoms with van der Waals surface area (Å²) in [6, 6.07) is 14.1. The van der Waals surface area contributed by atoms with Gasteiger partial charge in [-0.3, -0.25) is 42.7 Å². The van der Waals surface area contributed by atoms with Crippen LogP contribution in [-0.2, 0) is 51.7 Å². The number of imidazole rings is 1. The quantitative estimate of drug-likeness (QED) is 0.0636. The van der Waals surface area contributed by atoms with Crippen LogP contribution < -0.4 is 21.1 Å². The van der Waals surface area contributed by atoms with Crippen molar-refractivity contribution in [3.05, 3.63) is 93.2 Å². The van der Waals surface area contributed by atoms with Crippen molar-refractivity contribution in [1.82, 2.24) is 29.1 Å². The van der Waals surface area contributed by atoms with E-state index in [4.69, 9.17) is 55.9 Å². The molecule has 7 rings (SSSR count). The Morgan fingerprint density at radius 3 is 2.30 bits per heavy atom. The molecule has 26 heteroatoms. The minimum absolute atomic E-state index is 0.0489. The van der Waals surface area contributed by atoms with Crippen molar-refractivity contribution in [2.75, 3.05) is 23.8 Å². The Balaban J connectivity index is 1.10. The molecule has 2 aliphatic heterocycles. The average molecular weight is 1020 g/mol. The zero-order chi connectivity index (χ0) is 49.6. The maximum absolute atomic E-state index is 13.7. The van der Waals surface area contributed by atoms with Gasteiger partial charge < -0.3 is 38.7 Å². The number of nitrogens with one attached hydrogen (secondary N) is 2. The van der Waals surface area contributed by atoms with Crippen LogP contribution in [0.1, 0.15) is 76.2 Å². The zero-order valence-electron chi connectivity index (χ0n) is 37.2. The Hall–Kier alpha value is -6.17. The molecule has 0 bridgehead atoms. The Morgan fingerprint density at radius 1 is 0.899 bits per heavy atom. The van der Waals surface area contributed by atoms with Crippen LogP contribution in [0.4, 0.5) is 11.8 Å². The van der Waals surface area contributed by atoms with E-state index in [1.54, 1.807) is 50.2 Å². The van der Waals surface area contributed by atoms with Gasteiger partial charge in [0.25, 0.3) is 11.8 Å². The number of benzene rings is 2. The molecule has 0 aliphatic carbocycles. The molecule has 3 N–H and O–H groups in total. The Morgan fingerprint density at radius 2 is 1.61 bits per heavy atom. The molecule has 2 aromatic carbocycles. The van der Waals surface area contributed by atoms with Crippen molar-refractivity contribution in [2.24, 2.45) is 5.92 Å². The number of amides is 2. The molecule has 7 atom stereocenters. The van der Waals surface area contributed by atoms with E-state index >= 15 is 0 Å². The number of phosphoric ester groups is 1. The van der Waals surface area contributed by atoms with Crippen molar-refractivity contribution in [3.63, 3.8) is 0 Å². The fourth-order valence-corrected chi connectivity index (χ4v) is 8.25. The largest absolute Gasteiger partial charge is 0.472 e. The number of halogens is 2. The third-order valence-corrected chi connectivity index (χ3v) is 12.0. The number of Topliss-reactive ketones (excluding diaryl/α,β-unsaturated/α-hetero) is 1. The molecule has 366 valence electrons. The molecule has 3 aromatic heterocycles. The standard InChI is InChI=1S/C43H45Cl2N8O15P/c1-22(2)39(57)50-42-49-38-37(41(51-42)67-28-16-26(44)11-12-27(28)45)46-21-53(38)35-17-29(66-36(56)13-10-23(3)54)32(65-35)20-63-69(60,61)68-30-18-34(64-31(30)19-62-24(4)55)52-15-14-33(48-43(52)59)47-40(58)25-8-6-5-7-9-25/h5-9,11-12,14-16,21-22,29-32,34-35H,10,13,17-20H2,1-4H3,(H,60,61)(H,47,48,58,59)(H,49,50,51,57)/t29-,30-,31+,32+,34+,35+/m0/s1. The van der Waals surface area contributed by atoms with Crippen molar-refractivity contribution in [3.8, 4) is 11.6 Å². The highest BCUT2D eigenvalue weighted by Gasteiger charge is 2.45. The minimum atomic E-state index is -5.10. The van der Waals surface area contributed by atoms with E-state index in [1.165, 1.54) is 42.2 Å². The molecule has 2 saturated heterocycles. The third kappa shape index (κ3) is 13.1. The second kappa shape index (κ2) is 22.1. The maximum Gasteiger partial charge on any atom is 0.472 e. The van der Waals surface area contributed by atoms with Gasteiger partial charge in [-0.15, -0.1) is 0 Å². The second-order valence-corrected chi connectivity index (χ2v) is 18.2. The van der Waals surface area contributed by atoms with E-state index in [2.05, 4.69) is 30.6 Å². The summed E-state index contributed by atoms with van der Waals surface area (Å²) in [5, 5.41) is 5.66. The van der Waals surface area contributed by atoms with Gasteiger partial charge in [0.1, 0.15) is 60.8 Å². The molecule has 1 unspecified atom stereocenters. The van der Waals surface area contributed by atoms with Crippen molar-refractivity contribution in [1.29, 1.82) is 0 Å². The number of hydrogen-bond acceptors (Lipinski definition) is 18. The average Bonchev–Trinajstić information content (AvgIpc) is 4.02. The van der Waals surface area contributed by atoms with Crippen LogP contribution in [0.2, 0.25) is 10.0 Å². The van der Waals surface area contributed by atoms with Crippen LogP contribution in [0.25, 0.3) is 11.2 Å². The summed E-state index contributed by atoms with van der Waals surface area (Å²) in [7, 11) is -5.10. The summed E-state index contributed by atoms with van der Waals surface area (Å²) < 4.78 is 56.4. The van der Waals surface area contributed by atoms with Crippen molar-refractivity contribution >= 4 is 83.5 Å². The Kier molecular flexibility index (Phi) is 16.2. The normalized spacial score (nSPS) is 20.9. The lowest BCUT2D eigenvalue weighted by molar-refractivity contribution is -0.153. The molecule has 2 fully saturated rings. The number of nitrogens with zero attached hydrogens (tertiary/aromatic N) is 6. The number of fused-ring (bicyclic) bond motifs is 1. The van der Waals surface area contributed by atoms with E-state index in [0.717, 1.165) is 11.5 Å². The van der Waals surface area contributed by atoms with Crippen molar-refractivity contribution < 1.29 is 66.2 Å². The number of ether oxygens (including phenoxy) is 5. The lowest BCUT2D eigenvalue weighted by Crippen LogP contribution is -2.32. The van der Waals surface area contributed by atoms with E-state index < -0.39 is 93.3 Å². The Labute approximate surface area is 402 Å². The van der Waals surface area contributed by atoms with Crippen LogP contribution in [-0.4, -0.2) is 101 Å². The number of carbonyl (C=O) groups excluding carboxylic acids is 5. The van der Waals surface area contributed by atoms with Gasteiger partial charge in [-0.2, -0.15) is 15.0 Å². The fourth-order valence-electron chi connectivity index (χ4n) is 6.97. The highest BCUT2D eigenvalue weighted by atomic mass is 35.5. The van der Waals surface area contributed by atoms with Crippen LogP contribution >= 0.6 is 31.0 Å². The summed E-state index contributed by atoms with van der Waals surface area (Å²) in [6.45, 7) is 4.64. The first kappa shape index (κ1) is 50.7. The highest BCUT2D eigenvalue weighted by molar-refractivity contribution is 7.47. The molecule has 0 spiro atoms. The van der Waals surface area contributed by atoms with Gasteiger partial charge in [-0.25, -0.2) is 14.3 Å². The summed E-state index contributed by atoms with van der Waals surface area (Å²) in [5.74, 6) is -3.34. The van der Waals surface area contributed by atoms with Gasteiger partial charge in [0, 0.05) is 55.0 Å². The highest BCUT2D eigenvalue weighted by Crippen LogP contribution is 2.49. The molecule has 69 heavy (non-hydrogen) atoms. The molecular formula is C43H45Cl2N8O15P. The topological polar surface area (TPSA) is 290 Å². The van der Waals surface area contributed by atoms with Crippen molar-refractivity contribution in [2.45, 2.75) is 90.2 Å². The number of ketones is 1. The maximum atomic E-state index is 13.7. The monoisotopic (exact) mass is 1010 g/mol. The molecule has 2 aliphatic rings. The zero-order valence-corrected chi connectivity index (χ0v) is 39.6. The number of aromatic nitrogens is 6. The lowest BCUT2D eigenvalue weighted by atomic mass is 10.2. The van der Waals surface area contributed by atoms with E-state index in [1.807, 2.05) is 0 Å². The van der Waals surface area contributed by atoms with Gasteiger partial charge >= 0.3 is 25.5 Å². The van der Waals surface area contributed by atoms with Gasteiger partial charge in [0.15, 0.2) is 11.2 Å². The first-order valence-corrected chi connectivity index (χ1v) is 23.5. The van der Waals surface area contributed by atoms with E-state index in [0.29, 0.717) is 10.6 Å². The number of esters is 2. The summed E-state index contributed by atoms with van der Waals surface area (Å²) in [4.78, 5) is 103. The smallest absolute Gasteiger partial charge is 0.463 e. The summed E-state index contributed by atoms with van der Waals surface area (Å²) >= 11 is 12.6. The third-order valence-electron chi connectivity index (χ3n) is 10.4. The predicted octanol–water partition coefficient (Wildman–Crippen LogP) is 5.95. The van der Waals surface area contributed by atoms with Crippen LogP contribution in [0.5, 0.6) is 11.6 Å². The minimum Gasteiger partial charge on any atom is -0.463 e. The van der Waals surface area contributed by atoms with Gasteiger partial charge in [0.05, 0.1) is 24.4 Å². The molecule has 0 saturated carbocycles. The number of phosphoric acid groups is 1. The molecular weight excluding hydrogens is 970 g/mol. The predicted molar refractivity (Wildman–Crippen MR) is 242 cm³/mol.